The van der Waals surface area contributed by atoms with Crippen molar-refractivity contribution in [3.05, 3.63) is 29.1 Å². The smallest absolute Gasteiger partial charge is 0.112 e. The van der Waals surface area contributed by atoms with Crippen LogP contribution >= 0.6 is 0 Å². The van der Waals surface area contributed by atoms with Crippen molar-refractivity contribution in [2.45, 2.75) is 39.3 Å². The van der Waals surface area contributed by atoms with Crippen LogP contribution in [0.15, 0.2) is 12.1 Å². The molecule has 108 valence electrons. The van der Waals surface area contributed by atoms with Crippen LogP contribution in [0.3, 0.4) is 0 Å². The highest BCUT2D eigenvalue weighted by Crippen LogP contribution is 2.29. The van der Waals surface area contributed by atoms with Crippen LogP contribution in [-0.4, -0.2) is 27.5 Å². The fourth-order valence-corrected chi connectivity index (χ4v) is 3.16. The van der Waals surface area contributed by atoms with E-state index in [1.165, 1.54) is 22.5 Å². The first kappa shape index (κ1) is 13.6. The molecule has 4 nitrogen and oxygen atoms in total. The summed E-state index contributed by atoms with van der Waals surface area (Å²) in [5, 5.41) is 0. The number of hydrogen-bond acceptors (Lipinski definition) is 3. The highest BCUT2D eigenvalue weighted by Gasteiger charge is 2.21. The number of nitrogens with zero attached hydrogens (tertiary/aromatic N) is 3. The molecular formula is C16H24N4. The van der Waals surface area contributed by atoms with Gasteiger partial charge in [0.25, 0.3) is 0 Å². The van der Waals surface area contributed by atoms with Gasteiger partial charge in [-0.3, -0.25) is 4.90 Å². The molecule has 1 aliphatic rings. The van der Waals surface area contributed by atoms with Gasteiger partial charge in [-0.2, -0.15) is 0 Å². The predicted molar refractivity (Wildman–Crippen MR) is 82.6 cm³/mol. The maximum Gasteiger partial charge on any atom is 0.112 e. The number of benzene rings is 1. The molecular weight excluding hydrogens is 248 g/mol. The van der Waals surface area contributed by atoms with Gasteiger partial charge in [0.15, 0.2) is 0 Å². The molecule has 2 heterocycles. The number of nitrogens with two attached hydrogens (primary N) is 1. The topological polar surface area (TPSA) is 47.1 Å². The third-order valence-corrected chi connectivity index (χ3v) is 4.22. The third-order valence-electron chi connectivity index (χ3n) is 4.22. The molecule has 0 fully saturated rings. The molecule has 1 aromatic carbocycles. The van der Waals surface area contributed by atoms with Crippen molar-refractivity contribution in [2.24, 2.45) is 12.8 Å². The van der Waals surface area contributed by atoms with Crippen molar-refractivity contribution in [1.82, 2.24) is 14.5 Å². The summed E-state index contributed by atoms with van der Waals surface area (Å²) in [5.41, 5.74) is 10.9. The van der Waals surface area contributed by atoms with Crippen LogP contribution in [0.4, 0.5) is 0 Å². The van der Waals surface area contributed by atoms with Gasteiger partial charge in [-0.1, -0.05) is 13.8 Å². The first-order valence-corrected chi connectivity index (χ1v) is 7.50. The SMILES string of the molecule is CC(C)c1nc2cc3c(cc2n1C)CN(CCCN)C3. The Morgan fingerprint density at radius 1 is 1.25 bits per heavy atom. The highest BCUT2D eigenvalue weighted by molar-refractivity contribution is 5.78. The number of imidazole rings is 1. The van der Waals surface area contributed by atoms with E-state index in [1.54, 1.807) is 0 Å². The quantitative estimate of drug-likeness (QED) is 0.929. The maximum absolute atomic E-state index is 5.60. The lowest BCUT2D eigenvalue weighted by atomic mass is 10.1. The van der Waals surface area contributed by atoms with E-state index in [2.05, 4.69) is 42.5 Å². The van der Waals surface area contributed by atoms with Crippen LogP contribution in [0, 0.1) is 0 Å². The van der Waals surface area contributed by atoms with Crippen LogP contribution in [0.25, 0.3) is 11.0 Å². The van der Waals surface area contributed by atoms with Crippen molar-refractivity contribution in [3.63, 3.8) is 0 Å². The number of hydrogen-bond donors (Lipinski definition) is 1. The van der Waals surface area contributed by atoms with Crippen molar-refractivity contribution in [2.75, 3.05) is 13.1 Å². The first-order valence-electron chi connectivity index (χ1n) is 7.50. The average Bonchev–Trinajstić information content (AvgIpc) is 2.95. The minimum absolute atomic E-state index is 0.461. The summed E-state index contributed by atoms with van der Waals surface area (Å²) in [4.78, 5) is 7.27. The molecule has 0 saturated carbocycles. The van der Waals surface area contributed by atoms with Crippen LogP contribution in [0.5, 0.6) is 0 Å². The summed E-state index contributed by atoms with van der Waals surface area (Å²) < 4.78 is 2.24. The maximum atomic E-state index is 5.60. The summed E-state index contributed by atoms with van der Waals surface area (Å²) in [7, 11) is 2.12. The molecule has 0 atom stereocenters. The second kappa shape index (κ2) is 5.19. The summed E-state index contributed by atoms with van der Waals surface area (Å²) in [6, 6.07) is 4.60. The molecule has 4 heteroatoms. The molecule has 20 heavy (non-hydrogen) atoms. The largest absolute Gasteiger partial charge is 0.331 e. The van der Waals surface area contributed by atoms with Gasteiger partial charge in [-0.25, -0.2) is 4.98 Å². The molecule has 1 aliphatic heterocycles. The molecule has 2 N–H and O–H groups in total. The molecule has 0 unspecified atom stereocenters. The zero-order valence-corrected chi connectivity index (χ0v) is 12.7. The lowest BCUT2D eigenvalue weighted by Crippen LogP contribution is -2.20. The van der Waals surface area contributed by atoms with E-state index in [0.29, 0.717) is 5.92 Å². The Morgan fingerprint density at radius 2 is 1.95 bits per heavy atom. The fraction of sp³-hybridized carbons (Fsp3) is 0.562. The molecule has 0 bridgehead atoms. The molecule has 0 spiro atoms. The Kier molecular flexibility index (Phi) is 3.52. The van der Waals surface area contributed by atoms with Crippen LogP contribution in [0.1, 0.15) is 43.1 Å². The number of aromatic nitrogens is 2. The van der Waals surface area contributed by atoms with Crippen LogP contribution in [-0.2, 0) is 20.1 Å². The minimum Gasteiger partial charge on any atom is -0.331 e. The first-order chi connectivity index (χ1) is 9.60. The molecule has 0 aliphatic carbocycles. The molecule has 0 radical (unpaired) electrons. The van der Waals surface area contributed by atoms with E-state index >= 15 is 0 Å². The van der Waals surface area contributed by atoms with Gasteiger partial charge < -0.3 is 10.3 Å². The van der Waals surface area contributed by atoms with Gasteiger partial charge in [0, 0.05) is 32.6 Å². The van der Waals surface area contributed by atoms with E-state index in [0.717, 1.165) is 38.1 Å². The van der Waals surface area contributed by atoms with E-state index in [1.807, 2.05) is 0 Å². The van der Waals surface area contributed by atoms with Gasteiger partial charge in [0.1, 0.15) is 5.82 Å². The third kappa shape index (κ3) is 2.23. The van der Waals surface area contributed by atoms with Crippen LogP contribution < -0.4 is 5.73 Å². The van der Waals surface area contributed by atoms with Crippen LogP contribution in [0.2, 0.25) is 0 Å². The number of aryl methyl sites for hydroxylation is 1. The second-order valence-electron chi connectivity index (χ2n) is 6.15. The molecule has 2 aromatic rings. The molecule has 3 rings (SSSR count). The Morgan fingerprint density at radius 3 is 2.60 bits per heavy atom. The van der Waals surface area contributed by atoms with Gasteiger partial charge in [0.05, 0.1) is 11.0 Å². The van der Waals surface area contributed by atoms with E-state index in [4.69, 9.17) is 10.7 Å². The summed E-state index contributed by atoms with van der Waals surface area (Å²) >= 11 is 0. The standard InChI is InChI=1S/C16H24N4/c1-11(2)16-18-14-7-12-9-20(6-4-5-17)10-13(12)8-15(14)19(16)3/h7-8,11H,4-6,9-10,17H2,1-3H3. The molecule has 0 saturated heterocycles. The Balaban J connectivity index is 1.94. The zero-order valence-electron chi connectivity index (χ0n) is 12.7. The monoisotopic (exact) mass is 272 g/mol. The zero-order chi connectivity index (χ0) is 14.3. The van der Waals surface area contributed by atoms with Gasteiger partial charge in [-0.05, 0) is 36.2 Å². The van der Waals surface area contributed by atoms with E-state index < -0.39 is 0 Å². The van der Waals surface area contributed by atoms with Crippen molar-refractivity contribution < 1.29 is 0 Å². The predicted octanol–water partition coefficient (Wildman–Crippen LogP) is 2.36. The fourth-order valence-electron chi connectivity index (χ4n) is 3.16. The normalized spacial score (nSPS) is 15.4. The minimum atomic E-state index is 0.461. The van der Waals surface area contributed by atoms with E-state index in [-0.39, 0.29) is 0 Å². The lowest BCUT2D eigenvalue weighted by Gasteiger charge is -2.13. The second-order valence-corrected chi connectivity index (χ2v) is 6.15. The van der Waals surface area contributed by atoms with Crippen molar-refractivity contribution >= 4 is 11.0 Å². The summed E-state index contributed by atoms with van der Waals surface area (Å²) in [6.07, 6.45) is 1.07. The van der Waals surface area contributed by atoms with Crippen molar-refractivity contribution in [1.29, 1.82) is 0 Å². The number of rotatable bonds is 4. The van der Waals surface area contributed by atoms with Gasteiger partial charge in [-0.15, -0.1) is 0 Å². The highest BCUT2D eigenvalue weighted by atomic mass is 15.1. The van der Waals surface area contributed by atoms with E-state index in [9.17, 15) is 0 Å². The summed E-state index contributed by atoms with van der Waals surface area (Å²) in [6.45, 7) is 8.35. The number of fused-ring (bicyclic) bond motifs is 2. The Bertz CT molecular complexity index is 627. The molecule has 1 aromatic heterocycles. The average molecular weight is 272 g/mol. The Hall–Kier alpha value is -1.39. The van der Waals surface area contributed by atoms with Gasteiger partial charge >= 0.3 is 0 Å². The van der Waals surface area contributed by atoms with Gasteiger partial charge in [0.2, 0.25) is 0 Å². The summed E-state index contributed by atoms with van der Waals surface area (Å²) in [5.74, 6) is 1.63. The van der Waals surface area contributed by atoms with Crippen molar-refractivity contribution in [3.8, 4) is 0 Å². The lowest BCUT2D eigenvalue weighted by molar-refractivity contribution is 0.282. The Labute approximate surface area is 120 Å². The molecule has 0 amide bonds.